The van der Waals surface area contributed by atoms with Gasteiger partial charge in [0.05, 0.1) is 30.7 Å². The van der Waals surface area contributed by atoms with E-state index >= 15 is 0 Å². The van der Waals surface area contributed by atoms with Gasteiger partial charge in [-0.15, -0.1) is 11.8 Å². The number of carboxylic acids is 1. The number of amides is 1. The number of hydrogen-bond acceptors (Lipinski definition) is 5. The van der Waals surface area contributed by atoms with Crippen LogP contribution in [0.15, 0.2) is 18.2 Å². The van der Waals surface area contributed by atoms with Gasteiger partial charge in [0, 0.05) is 12.9 Å². The summed E-state index contributed by atoms with van der Waals surface area (Å²) in [5.74, 6) is 0.00660. The van der Waals surface area contributed by atoms with E-state index in [0.717, 1.165) is 0 Å². The molecule has 0 aromatic heterocycles. The standard InChI is InChI=1S/C13H17NO5S/c1-18-5-6-20-8-12(15)14-11-4-3-9(19-2)7-10(11)13(16)17/h3-4,7H,5-6,8H2,1-2H3,(H,14,15)(H,16,17). The lowest BCUT2D eigenvalue weighted by Crippen LogP contribution is -2.17. The number of benzene rings is 1. The van der Waals surface area contributed by atoms with Gasteiger partial charge in [-0.3, -0.25) is 4.79 Å². The number of rotatable bonds is 8. The number of nitrogens with one attached hydrogen (secondary N) is 1. The SMILES string of the molecule is COCCSCC(=O)Nc1ccc(OC)cc1C(=O)O. The van der Waals surface area contributed by atoms with Crippen LogP contribution in [0.5, 0.6) is 5.75 Å². The Labute approximate surface area is 121 Å². The summed E-state index contributed by atoms with van der Waals surface area (Å²) in [7, 11) is 3.04. The van der Waals surface area contributed by atoms with Crippen molar-refractivity contribution < 1.29 is 24.2 Å². The zero-order valence-electron chi connectivity index (χ0n) is 11.3. The van der Waals surface area contributed by atoms with E-state index in [1.807, 2.05) is 0 Å². The van der Waals surface area contributed by atoms with E-state index in [1.165, 1.54) is 31.0 Å². The first-order valence-electron chi connectivity index (χ1n) is 5.86. The Bertz CT molecular complexity index is 478. The number of carbonyl (C=O) groups is 2. The zero-order chi connectivity index (χ0) is 15.0. The average Bonchev–Trinajstić information content (AvgIpc) is 2.43. The second-order valence-electron chi connectivity index (χ2n) is 3.81. The molecule has 6 nitrogen and oxygen atoms in total. The highest BCUT2D eigenvalue weighted by Crippen LogP contribution is 2.22. The van der Waals surface area contributed by atoms with Crippen LogP contribution < -0.4 is 10.1 Å². The van der Waals surface area contributed by atoms with Crippen LogP contribution in [0.25, 0.3) is 0 Å². The smallest absolute Gasteiger partial charge is 0.337 e. The third-order valence-electron chi connectivity index (χ3n) is 2.40. The first kappa shape index (κ1) is 16.3. The molecule has 0 unspecified atom stereocenters. The molecular weight excluding hydrogens is 282 g/mol. The maximum Gasteiger partial charge on any atom is 0.337 e. The predicted octanol–water partition coefficient (Wildman–Crippen LogP) is 1.71. The van der Waals surface area contributed by atoms with Crippen LogP contribution in [0.2, 0.25) is 0 Å². The molecule has 110 valence electrons. The summed E-state index contributed by atoms with van der Waals surface area (Å²) in [5.41, 5.74) is 0.259. The molecule has 1 aromatic rings. The number of ether oxygens (including phenoxy) is 2. The number of anilines is 1. The highest BCUT2D eigenvalue weighted by molar-refractivity contribution is 7.99. The number of hydrogen-bond donors (Lipinski definition) is 2. The molecule has 20 heavy (non-hydrogen) atoms. The van der Waals surface area contributed by atoms with Crippen molar-refractivity contribution in [2.24, 2.45) is 0 Å². The lowest BCUT2D eigenvalue weighted by molar-refractivity contribution is -0.113. The number of thioether (sulfide) groups is 1. The number of carbonyl (C=O) groups excluding carboxylic acids is 1. The molecule has 0 radical (unpaired) electrons. The Morgan fingerprint density at radius 3 is 2.70 bits per heavy atom. The van der Waals surface area contributed by atoms with Crippen molar-refractivity contribution in [1.29, 1.82) is 0 Å². The van der Waals surface area contributed by atoms with Gasteiger partial charge in [-0.05, 0) is 18.2 Å². The average molecular weight is 299 g/mol. The molecule has 0 atom stereocenters. The summed E-state index contributed by atoms with van der Waals surface area (Å²) in [6.45, 7) is 0.570. The maximum absolute atomic E-state index is 11.7. The molecule has 0 fully saturated rings. The number of aromatic carboxylic acids is 1. The van der Waals surface area contributed by atoms with Crippen molar-refractivity contribution in [3.8, 4) is 5.75 Å². The zero-order valence-corrected chi connectivity index (χ0v) is 12.2. The topological polar surface area (TPSA) is 84.9 Å². The lowest BCUT2D eigenvalue weighted by atomic mass is 10.1. The molecule has 0 spiro atoms. The molecule has 0 heterocycles. The molecule has 7 heteroatoms. The van der Waals surface area contributed by atoms with Crippen molar-refractivity contribution in [1.82, 2.24) is 0 Å². The van der Waals surface area contributed by atoms with E-state index in [0.29, 0.717) is 18.1 Å². The lowest BCUT2D eigenvalue weighted by Gasteiger charge is -2.10. The van der Waals surface area contributed by atoms with Crippen LogP contribution in [-0.2, 0) is 9.53 Å². The van der Waals surface area contributed by atoms with Gasteiger partial charge in [0.1, 0.15) is 5.75 Å². The van der Waals surface area contributed by atoms with Crippen LogP contribution >= 0.6 is 11.8 Å². The van der Waals surface area contributed by atoms with Gasteiger partial charge >= 0.3 is 5.97 Å². The van der Waals surface area contributed by atoms with E-state index in [9.17, 15) is 9.59 Å². The molecule has 1 amide bonds. The number of methoxy groups -OCH3 is 2. The van der Waals surface area contributed by atoms with Gasteiger partial charge in [-0.2, -0.15) is 0 Å². The first-order chi connectivity index (χ1) is 9.58. The quantitative estimate of drug-likeness (QED) is 0.711. The Balaban J connectivity index is 2.66. The fourth-order valence-electron chi connectivity index (χ4n) is 1.43. The van der Waals surface area contributed by atoms with Crippen LogP contribution in [0.4, 0.5) is 5.69 Å². The minimum atomic E-state index is -1.12. The van der Waals surface area contributed by atoms with Gasteiger partial charge in [-0.1, -0.05) is 0 Å². The maximum atomic E-state index is 11.7. The molecule has 1 aromatic carbocycles. The van der Waals surface area contributed by atoms with E-state index in [4.69, 9.17) is 14.6 Å². The summed E-state index contributed by atoms with van der Waals surface area (Å²) >= 11 is 1.42. The molecule has 0 saturated heterocycles. The van der Waals surface area contributed by atoms with E-state index in [-0.39, 0.29) is 22.9 Å². The summed E-state index contributed by atoms with van der Waals surface area (Å²) in [5, 5.41) is 11.7. The monoisotopic (exact) mass is 299 g/mol. The van der Waals surface area contributed by atoms with Crippen molar-refractivity contribution in [3.05, 3.63) is 23.8 Å². The van der Waals surface area contributed by atoms with Crippen LogP contribution in [-0.4, -0.2) is 49.3 Å². The molecule has 0 aliphatic heterocycles. The molecule has 2 N–H and O–H groups in total. The first-order valence-corrected chi connectivity index (χ1v) is 7.01. The Kier molecular flexibility index (Phi) is 6.89. The number of carboxylic acid groups (broad SMARTS) is 1. The van der Waals surface area contributed by atoms with Crippen molar-refractivity contribution in [2.75, 3.05) is 37.6 Å². The summed E-state index contributed by atoms with van der Waals surface area (Å²) < 4.78 is 9.84. The Hall–Kier alpha value is -1.73. The van der Waals surface area contributed by atoms with E-state index in [1.54, 1.807) is 13.2 Å². The molecule has 0 aliphatic rings. The van der Waals surface area contributed by atoms with Crippen LogP contribution in [0, 0.1) is 0 Å². The highest BCUT2D eigenvalue weighted by Gasteiger charge is 2.13. The molecule has 0 bridgehead atoms. The highest BCUT2D eigenvalue weighted by atomic mass is 32.2. The van der Waals surface area contributed by atoms with Gasteiger partial charge in [-0.25, -0.2) is 4.79 Å². The van der Waals surface area contributed by atoms with Gasteiger partial charge in [0.15, 0.2) is 0 Å². The molecule has 1 rings (SSSR count). The molecule has 0 saturated carbocycles. The normalized spacial score (nSPS) is 10.1. The fraction of sp³-hybridized carbons (Fsp3) is 0.385. The third kappa shape index (κ3) is 5.10. The Morgan fingerprint density at radius 1 is 1.35 bits per heavy atom. The van der Waals surface area contributed by atoms with Crippen molar-refractivity contribution in [3.63, 3.8) is 0 Å². The largest absolute Gasteiger partial charge is 0.497 e. The van der Waals surface area contributed by atoms with Gasteiger partial charge < -0.3 is 19.9 Å². The second kappa shape index (κ2) is 8.44. The molecule has 0 aliphatic carbocycles. The van der Waals surface area contributed by atoms with Crippen molar-refractivity contribution >= 4 is 29.3 Å². The summed E-state index contributed by atoms with van der Waals surface area (Å²) in [6.07, 6.45) is 0. The second-order valence-corrected chi connectivity index (χ2v) is 4.92. The fourth-order valence-corrected chi connectivity index (χ4v) is 2.12. The van der Waals surface area contributed by atoms with Crippen LogP contribution in [0.1, 0.15) is 10.4 Å². The minimum Gasteiger partial charge on any atom is -0.497 e. The Morgan fingerprint density at radius 2 is 2.10 bits per heavy atom. The van der Waals surface area contributed by atoms with Crippen molar-refractivity contribution in [2.45, 2.75) is 0 Å². The predicted molar refractivity (Wildman–Crippen MR) is 77.8 cm³/mol. The summed E-state index contributed by atoms with van der Waals surface area (Å²) in [4.78, 5) is 22.8. The van der Waals surface area contributed by atoms with Gasteiger partial charge in [0.25, 0.3) is 0 Å². The minimum absolute atomic E-state index is 0.000378. The van der Waals surface area contributed by atoms with Crippen LogP contribution in [0.3, 0.4) is 0 Å². The summed E-state index contributed by atoms with van der Waals surface area (Å²) in [6, 6.07) is 4.48. The third-order valence-corrected chi connectivity index (χ3v) is 3.32. The van der Waals surface area contributed by atoms with Gasteiger partial charge in [0.2, 0.25) is 5.91 Å². The molecular formula is C13H17NO5S. The van der Waals surface area contributed by atoms with E-state index < -0.39 is 5.97 Å². The van der Waals surface area contributed by atoms with E-state index in [2.05, 4.69) is 5.32 Å².